The smallest absolute Gasteiger partial charge is 0.127 e. The lowest BCUT2D eigenvalue weighted by Crippen LogP contribution is -2.16. The fourth-order valence-electron chi connectivity index (χ4n) is 1.90. The molecule has 0 nitrogen and oxygen atoms in total. The maximum absolute atomic E-state index is 3.51. The molecular formula is C20H29ISi2. The van der Waals surface area contributed by atoms with E-state index in [0.717, 1.165) is 6.42 Å². The molecule has 0 saturated carbocycles. The van der Waals surface area contributed by atoms with Crippen molar-refractivity contribution in [3.05, 3.63) is 32.4 Å². The van der Waals surface area contributed by atoms with E-state index in [-0.39, 0.29) is 0 Å². The van der Waals surface area contributed by atoms with Gasteiger partial charge in [-0.05, 0) is 53.1 Å². The minimum atomic E-state index is -1.37. The topological polar surface area (TPSA) is 0 Å². The average Bonchev–Trinajstić information content (AvgIpc) is 2.41. The zero-order chi connectivity index (χ0) is 17.7. The van der Waals surface area contributed by atoms with Crippen molar-refractivity contribution in [3.8, 4) is 22.9 Å². The molecule has 0 bridgehead atoms. The molecule has 0 unspecified atom stereocenters. The van der Waals surface area contributed by atoms with E-state index in [9.17, 15) is 0 Å². The summed E-state index contributed by atoms with van der Waals surface area (Å²) in [7, 11) is -2.73. The molecular weight excluding hydrogens is 423 g/mol. The Morgan fingerprint density at radius 1 is 0.870 bits per heavy atom. The third-order valence-corrected chi connectivity index (χ3v) is 6.01. The van der Waals surface area contributed by atoms with Gasteiger partial charge >= 0.3 is 0 Å². The van der Waals surface area contributed by atoms with Gasteiger partial charge in [0.1, 0.15) is 16.1 Å². The zero-order valence-corrected chi connectivity index (χ0v) is 19.8. The van der Waals surface area contributed by atoms with Crippen LogP contribution in [0.25, 0.3) is 0 Å². The SMILES string of the molecule is CCCCc1cc(C#C[Si](C)(C)C)c(I)c(C#C[Si](C)(C)C)c1. The predicted molar refractivity (Wildman–Crippen MR) is 118 cm³/mol. The van der Waals surface area contributed by atoms with Crippen molar-refractivity contribution in [1.29, 1.82) is 0 Å². The molecule has 0 amide bonds. The van der Waals surface area contributed by atoms with Crippen molar-refractivity contribution < 1.29 is 0 Å². The van der Waals surface area contributed by atoms with E-state index in [0.29, 0.717) is 0 Å². The largest absolute Gasteiger partial charge is 0.129 e. The van der Waals surface area contributed by atoms with Crippen LogP contribution in [-0.4, -0.2) is 16.1 Å². The fraction of sp³-hybridized carbons (Fsp3) is 0.500. The lowest BCUT2D eigenvalue weighted by atomic mass is 10.0. The second kappa shape index (κ2) is 8.56. The molecule has 0 aliphatic carbocycles. The molecule has 0 heterocycles. The molecule has 0 atom stereocenters. The van der Waals surface area contributed by atoms with Gasteiger partial charge in [-0.25, -0.2) is 0 Å². The van der Waals surface area contributed by atoms with Gasteiger partial charge in [-0.3, -0.25) is 0 Å². The molecule has 1 aromatic rings. The Bertz CT molecular complexity index is 615. The number of halogens is 1. The van der Waals surface area contributed by atoms with Crippen molar-refractivity contribution >= 4 is 38.7 Å². The van der Waals surface area contributed by atoms with Gasteiger partial charge in [0, 0.05) is 14.7 Å². The highest BCUT2D eigenvalue weighted by Crippen LogP contribution is 2.21. The summed E-state index contributed by atoms with van der Waals surface area (Å²) in [6.45, 7) is 16.0. The van der Waals surface area contributed by atoms with E-state index < -0.39 is 16.1 Å². The summed E-state index contributed by atoms with van der Waals surface area (Å²) in [4.78, 5) is 0. The molecule has 1 aromatic carbocycles. The molecule has 1 rings (SSSR count). The average molecular weight is 453 g/mol. The van der Waals surface area contributed by atoms with E-state index in [1.165, 1.54) is 33.1 Å². The molecule has 0 saturated heterocycles. The first-order chi connectivity index (χ1) is 10.5. The van der Waals surface area contributed by atoms with Gasteiger partial charge in [-0.15, -0.1) is 11.1 Å². The summed E-state index contributed by atoms with van der Waals surface area (Å²) in [5, 5.41) is 0. The molecule has 124 valence electrons. The molecule has 0 spiro atoms. The number of hydrogen-bond acceptors (Lipinski definition) is 0. The molecule has 3 heteroatoms. The summed E-state index contributed by atoms with van der Waals surface area (Å²) >= 11 is 2.42. The van der Waals surface area contributed by atoms with Crippen LogP contribution in [0.3, 0.4) is 0 Å². The van der Waals surface area contributed by atoms with Crippen molar-refractivity contribution in [3.63, 3.8) is 0 Å². The van der Waals surface area contributed by atoms with Crippen LogP contribution >= 0.6 is 22.6 Å². The lowest BCUT2D eigenvalue weighted by Gasteiger charge is -2.09. The number of benzene rings is 1. The van der Waals surface area contributed by atoms with E-state index in [1.807, 2.05) is 0 Å². The van der Waals surface area contributed by atoms with Gasteiger partial charge in [-0.2, -0.15) is 0 Å². The quantitative estimate of drug-likeness (QED) is 0.296. The third-order valence-electron chi connectivity index (χ3n) is 3.10. The number of hydrogen-bond donors (Lipinski definition) is 0. The maximum Gasteiger partial charge on any atom is 0.129 e. The summed E-state index contributed by atoms with van der Waals surface area (Å²) in [6.07, 6.45) is 3.57. The monoisotopic (exact) mass is 452 g/mol. The van der Waals surface area contributed by atoms with Crippen LogP contribution in [0.1, 0.15) is 36.5 Å². The second-order valence-corrected chi connectivity index (χ2v) is 18.7. The Balaban J connectivity index is 3.37. The van der Waals surface area contributed by atoms with Crippen LogP contribution in [-0.2, 0) is 6.42 Å². The third kappa shape index (κ3) is 8.24. The Morgan fingerprint density at radius 2 is 1.30 bits per heavy atom. The second-order valence-electron chi connectivity index (χ2n) is 8.11. The first kappa shape index (κ1) is 20.5. The summed E-state index contributed by atoms with van der Waals surface area (Å²) in [5.41, 5.74) is 10.7. The Labute approximate surface area is 159 Å². The lowest BCUT2D eigenvalue weighted by molar-refractivity contribution is 0.794. The minimum absolute atomic E-state index is 1.12. The highest BCUT2D eigenvalue weighted by atomic mass is 127. The minimum Gasteiger partial charge on any atom is -0.127 e. The number of aryl methyl sites for hydroxylation is 1. The predicted octanol–water partition coefficient (Wildman–Crippen LogP) is 6.09. The molecule has 23 heavy (non-hydrogen) atoms. The number of rotatable bonds is 3. The van der Waals surface area contributed by atoms with Gasteiger partial charge < -0.3 is 0 Å². The molecule has 0 N–H and O–H groups in total. The van der Waals surface area contributed by atoms with E-state index in [4.69, 9.17) is 0 Å². The maximum atomic E-state index is 3.51. The van der Waals surface area contributed by atoms with Crippen LogP contribution in [0, 0.1) is 26.5 Å². The van der Waals surface area contributed by atoms with Crippen LogP contribution in [0.5, 0.6) is 0 Å². The van der Waals surface area contributed by atoms with Crippen LogP contribution < -0.4 is 0 Å². The Hall–Kier alpha value is -0.496. The van der Waals surface area contributed by atoms with Gasteiger partial charge in [-0.1, -0.05) is 64.5 Å². The van der Waals surface area contributed by atoms with Crippen molar-refractivity contribution in [2.75, 3.05) is 0 Å². The molecule has 0 aliphatic rings. The van der Waals surface area contributed by atoms with E-state index in [2.05, 4.69) is 104 Å². The van der Waals surface area contributed by atoms with E-state index >= 15 is 0 Å². The fourth-order valence-corrected chi connectivity index (χ4v) is 3.50. The standard InChI is InChI=1S/C20H29ISi2/c1-8-9-10-17-15-18(11-13-22(2,3)4)20(21)19(16-17)12-14-23(5,6)7/h15-16H,8-10H2,1-7H3. The van der Waals surface area contributed by atoms with Crippen molar-refractivity contribution in [2.45, 2.75) is 65.5 Å². The molecule has 0 aliphatic heterocycles. The van der Waals surface area contributed by atoms with Crippen LogP contribution in [0.15, 0.2) is 12.1 Å². The highest BCUT2D eigenvalue weighted by Gasteiger charge is 2.11. The van der Waals surface area contributed by atoms with Gasteiger partial charge in [0.25, 0.3) is 0 Å². The zero-order valence-electron chi connectivity index (χ0n) is 15.7. The first-order valence-corrected chi connectivity index (χ1v) is 16.5. The van der Waals surface area contributed by atoms with Crippen molar-refractivity contribution in [1.82, 2.24) is 0 Å². The molecule has 0 radical (unpaired) electrons. The van der Waals surface area contributed by atoms with E-state index in [1.54, 1.807) is 0 Å². The Kier molecular flexibility index (Phi) is 7.64. The first-order valence-electron chi connectivity index (χ1n) is 8.40. The normalized spacial score (nSPS) is 11.3. The van der Waals surface area contributed by atoms with Gasteiger partial charge in [0.2, 0.25) is 0 Å². The van der Waals surface area contributed by atoms with Crippen LogP contribution in [0.2, 0.25) is 39.3 Å². The van der Waals surface area contributed by atoms with Gasteiger partial charge in [0.15, 0.2) is 0 Å². The van der Waals surface area contributed by atoms with Gasteiger partial charge in [0.05, 0.1) is 0 Å². The highest BCUT2D eigenvalue weighted by molar-refractivity contribution is 14.1. The number of unbranched alkanes of at least 4 members (excludes halogenated alkanes) is 1. The molecule has 0 fully saturated rings. The molecule has 0 aromatic heterocycles. The Morgan fingerprint density at radius 3 is 1.65 bits per heavy atom. The van der Waals surface area contributed by atoms with Crippen molar-refractivity contribution in [2.24, 2.45) is 0 Å². The summed E-state index contributed by atoms with van der Waals surface area (Å²) in [5.74, 6) is 6.91. The summed E-state index contributed by atoms with van der Waals surface area (Å²) < 4.78 is 1.22. The van der Waals surface area contributed by atoms with Crippen LogP contribution in [0.4, 0.5) is 0 Å². The summed E-state index contributed by atoms with van der Waals surface area (Å²) in [6, 6.07) is 4.56.